The van der Waals surface area contributed by atoms with Crippen molar-refractivity contribution in [3.63, 3.8) is 0 Å². The van der Waals surface area contributed by atoms with Crippen LogP contribution in [0.2, 0.25) is 0 Å². The van der Waals surface area contributed by atoms with Gasteiger partial charge in [-0.1, -0.05) is 0 Å². The molecule has 3 N–H and O–H groups in total. The molecule has 2 unspecified atom stereocenters. The van der Waals surface area contributed by atoms with Crippen molar-refractivity contribution in [3.05, 3.63) is 47.3 Å². The van der Waals surface area contributed by atoms with Gasteiger partial charge in [0, 0.05) is 37.0 Å². The number of nitrogens with one attached hydrogen (secondary N) is 1. The molecular formula is C14H12N3O3U-. The molecule has 106 valence electrons. The third-order valence-electron chi connectivity index (χ3n) is 3.12. The van der Waals surface area contributed by atoms with Crippen molar-refractivity contribution in [3.8, 4) is 6.07 Å². The summed E-state index contributed by atoms with van der Waals surface area (Å²) in [6.45, 7) is 0. The number of nitrogens with two attached hydrogens (primary N) is 1. The number of hydrogen-bond donors (Lipinski definition) is 2. The molecular weight excluding hydrogens is 496 g/mol. The first kappa shape index (κ1) is 17.3. The van der Waals surface area contributed by atoms with Crippen molar-refractivity contribution in [2.75, 3.05) is 7.11 Å². The van der Waals surface area contributed by atoms with Crippen LogP contribution in [0.15, 0.2) is 35.7 Å². The molecule has 1 aromatic carbocycles. The van der Waals surface area contributed by atoms with Crippen LogP contribution in [0.1, 0.15) is 11.5 Å². The van der Waals surface area contributed by atoms with Gasteiger partial charge in [-0.2, -0.15) is 41.2 Å². The summed E-state index contributed by atoms with van der Waals surface area (Å²) in [6, 6.07) is 11.7. The Labute approximate surface area is 145 Å². The number of esters is 1. The van der Waals surface area contributed by atoms with Crippen LogP contribution in [0, 0.1) is 54.4 Å². The average Bonchev–Trinajstić information content (AvgIpc) is 2.46. The molecule has 0 fully saturated rings. The maximum atomic E-state index is 12.0. The molecule has 1 aliphatic heterocycles. The molecule has 6 nitrogen and oxygen atoms in total. The summed E-state index contributed by atoms with van der Waals surface area (Å²) >= 11 is 0. The molecule has 7 heteroatoms. The Hall–Kier alpha value is -1.76. The second kappa shape index (κ2) is 7.31. The van der Waals surface area contributed by atoms with E-state index in [0.29, 0.717) is 5.56 Å². The predicted octanol–water partition coefficient (Wildman–Crippen LogP) is 0.183. The second-order valence-electron chi connectivity index (χ2n) is 4.22. The number of hydrogen-bond acceptors (Lipinski definition) is 5. The topological polar surface area (TPSA) is 105 Å². The molecule has 1 heterocycles. The van der Waals surface area contributed by atoms with Gasteiger partial charge in [0.25, 0.3) is 0 Å². The number of nitrogens with zero attached hydrogens (tertiary/aromatic N) is 1. The monoisotopic (exact) mass is 508 g/mol. The second-order valence-corrected chi connectivity index (χ2v) is 4.22. The smallest absolute Gasteiger partial charge is 0.319 e. The molecule has 21 heavy (non-hydrogen) atoms. The van der Waals surface area contributed by atoms with Gasteiger partial charge in [0.05, 0.1) is 18.8 Å². The number of benzene rings is 1. The Morgan fingerprint density at radius 2 is 2.24 bits per heavy atom. The van der Waals surface area contributed by atoms with Crippen molar-refractivity contribution < 1.29 is 45.4 Å². The maximum Gasteiger partial charge on any atom is 0.319 e. The summed E-state index contributed by atoms with van der Waals surface area (Å²) in [5.74, 6) is -3.29. The molecule has 0 spiro atoms. The number of carbonyl (C=O) groups excluding carboxylic acids is 2. The fraction of sp³-hybridized carbons (Fsp3) is 0.214. The van der Waals surface area contributed by atoms with E-state index in [4.69, 9.17) is 5.73 Å². The van der Waals surface area contributed by atoms with Crippen LogP contribution in [0.3, 0.4) is 0 Å². The largest absolute Gasteiger partial charge is 0.468 e. The zero-order valence-corrected chi connectivity index (χ0v) is 15.4. The first-order chi connectivity index (χ1) is 9.60. The van der Waals surface area contributed by atoms with Gasteiger partial charge in [0.1, 0.15) is 11.7 Å². The molecule has 0 bridgehead atoms. The fourth-order valence-corrected chi connectivity index (χ4v) is 2.20. The van der Waals surface area contributed by atoms with E-state index >= 15 is 0 Å². The van der Waals surface area contributed by atoms with E-state index in [1.165, 1.54) is 7.11 Å². The van der Waals surface area contributed by atoms with Crippen LogP contribution in [0.5, 0.6) is 0 Å². The van der Waals surface area contributed by atoms with E-state index < -0.39 is 23.7 Å². The van der Waals surface area contributed by atoms with Gasteiger partial charge in [0.15, 0.2) is 0 Å². The van der Waals surface area contributed by atoms with Crippen molar-refractivity contribution in [2.24, 2.45) is 11.7 Å². The van der Waals surface area contributed by atoms with Crippen LogP contribution >= 0.6 is 0 Å². The summed E-state index contributed by atoms with van der Waals surface area (Å²) in [4.78, 5) is 23.9. The fourth-order valence-electron chi connectivity index (χ4n) is 2.20. The molecule has 0 saturated carbocycles. The molecule has 0 radical (unpaired) electrons. The van der Waals surface area contributed by atoms with E-state index in [1.807, 2.05) is 6.07 Å². The Morgan fingerprint density at radius 1 is 1.52 bits per heavy atom. The minimum atomic E-state index is -1.15. The maximum absolute atomic E-state index is 12.0. The van der Waals surface area contributed by atoms with E-state index in [-0.39, 0.29) is 42.5 Å². The number of rotatable bonds is 2. The third kappa shape index (κ3) is 3.29. The van der Waals surface area contributed by atoms with E-state index in [1.54, 1.807) is 24.3 Å². The van der Waals surface area contributed by atoms with Crippen LogP contribution in [0.4, 0.5) is 0 Å². The average molecular weight is 508 g/mol. The number of methoxy groups -OCH3 is 1. The zero-order chi connectivity index (χ0) is 14.7. The molecule has 1 amide bonds. The molecule has 2 atom stereocenters. The summed E-state index contributed by atoms with van der Waals surface area (Å²) in [5.41, 5.74) is 6.34. The first-order valence-electron chi connectivity index (χ1n) is 5.85. The Kier molecular flexibility index (Phi) is 6.02. The number of allylic oxidation sites excluding steroid dienone is 1. The SMILES string of the molecule is COC(=O)C1C(=O)NC(N)=C(C#N)C1c1[c-]cccc1.[U]. The molecule has 0 saturated heterocycles. The van der Waals surface area contributed by atoms with Crippen LogP contribution in [-0.2, 0) is 14.3 Å². The molecule has 1 aromatic rings. The summed E-state index contributed by atoms with van der Waals surface area (Å²) in [6.07, 6.45) is 0. The number of ether oxygens (including phenoxy) is 1. The minimum absolute atomic E-state index is 0. The van der Waals surface area contributed by atoms with Gasteiger partial charge in [-0.3, -0.25) is 9.59 Å². The number of amides is 1. The van der Waals surface area contributed by atoms with Gasteiger partial charge in [-0.25, -0.2) is 0 Å². The van der Waals surface area contributed by atoms with E-state index in [0.717, 1.165) is 0 Å². The van der Waals surface area contributed by atoms with Crippen LogP contribution in [0.25, 0.3) is 0 Å². The van der Waals surface area contributed by atoms with Crippen LogP contribution in [-0.4, -0.2) is 19.0 Å². The normalized spacial score (nSPS) is 20.9. The van der Waals surface area contributed by atoms with Gasteiger partial charge >= 0.3 is 5.97 Å². The standard InChI is InChI=1S/C14H12N3O3.U/c1-20-14(19)11-10(8-5-3-2-4-6-8)9(7-15)12(16)17-13(11)18;/h2-5,10-11H,16H2,1H3,(H,17,18);/q-1;. The first-order valence-corrected chi connectivity index (χ1v) is 5.85. The molecule has 2 rings (SSSR count). The predicted molar refractivity (Wildman–Crippen MR) is 68.5 cm³/mol. The molecule has 0 aromatic heterocycles. The number of carbonyl (C=O) groups is 2. The van der Waals surface area contributed by atoms with Gasteiger partial charge in [-0.15, -0.1) is 0 Å². The zero-order valence-electron chi connectivity index (χ0n) is 11.2. The van der Waals surface area contributed by atoms with Gasteiger partial charge in [0.2, 0.25) is 5.91 Å². The Bertz CT molecular complexity index is 622. The van der Waals surface area contributed by atoms with Gasteiger partial charge in [-0.05, 0) is 0 Å². The molecule has 1 aliphatic rings. The third-order valence-corrected chi connectivity index (χ3v) is 3.12. The summed E-state index contributed by atoms with van der Waals surface area (Å²) in [5, 5.41) is 11.6. The van der Waals surface area contributed by atoms with Crippen LogP contribution < -0.4 is 11.1 Å². The Morgan fingerprint density at radius 3 is 2.76 bits per heavy atom. The van der Waals surface area contributed by atoms with E-state index in [9.17, 15) is 14.9 Å². The Balaban J connectivity index is 0.00000220. The number of nitriles is 1. The van der Waals surface area contributed by atoms with E-state index in [2.05, 4.69) is 16.1 Å². The summed E-state index contributed by atoms with van der Waals surface area (Å²) in [7, 11) is 1.19. The quantitative estimate of drug-likeness (QED) is 0.337. The van der Waals surface area contributed by atoms with Crippen molar-refractivity contribution in [1.29, 1.82) is 5.26 Å². The minimum Gasteiger partial charge on any atom is -0.468 e. The summed E-state index contributed by atoms with van der Waals surface area (Å²) < 4.78 is 4.65. The van der Waals surface area contributed by atoms with Crippen molar-refractivity contribution in [2.45, 2.75) is 5.92 Å². The van der Waals surface area contributed by atoms with Gasteiger partial charge < -0.3 is 15.8 Å². The van der Waals surface area contributed by atoms with Crippen molar-refractivity contribution in [1.82, 2.24) is 5.32 Å². The van der Waals surface area contributed by atoms with Crippen molar-refractivity contribution >= 4 is 11.9 Å². The molecule has 0 aliphatic carbocycles.